The molecule has 3 saturated carbocycles. The molecule has 3 N–H and O–H groups in total. The van der Waals surface area contributed by atoms with Gasteiger partial charge in [-0.2, -0.15) is 0 Å². The highest BCUT2D eigenvalue weighted by molar-refractivity contribution is 6.36. The van der Waals surface area contributed by atoms with E-state index in [2.05, 4.69) is 22.5 Å². The Morgan fingerprint density at radius 1 is 1.08 bits per heavy atom. The summed E-state index contributed by atoms with van der Waals surface area (Å²) in [5, 5.41) is 17.0. The van der Waals surface area contributed by atoms with Crippen LogP contribution in [0, 0.1) is 23.7 Å². The number of alkyl carbamates (subject to hydrolysis) is 1. The van der Waals surface area contributed by atoms with Crippen molar-refractivity contribution in [3.8, 4) is 11.5 Å². The molecule has 15 heteroatoms. The maximum Gasteiger partial charge on any atom is 0.408 e. The molecular weight excluding hydrogens is 790 g/mol. The molecule has 6 aliphatic rings. The number of ether oxygens (including phenoxy) is 4. The standard InChI is InChI=1S/C45H58ClN5O9/c1-26(2)19-29-20-38(32-11-12-37(39(46)40(32)47-29)58-18-15-50-13-16-57-17-14-50)59-31-23-36-41(52)49-45(43(54)55)24-28(45)9-7-5-4-6-8-10-35(42(53)51(36)25-31)48-44(56)60-30-21-33-27(3)34(33)22-30/h7,9,11-12,19-20,27-28,30-31,33-36H,4-6,8,10,13-18,21-25H2,1-3H3,(H,48,56)(H,49,52)(H,54,55)/b9-7-/t27?,28-,30?,31-,33-,34+,35+,36+,45-/m1/s1. The highest BCUT2D eigenvalue weighted by Crippen LogP contribution is 2.57. The zero-order chi connectivity index (χ0) is 42.1. The summed E-state index contributed by atoms with van der Waals surface area (Å²) in [6.45, 7) is 10.4. The molecule has 14 nitrogen and oxygen atoms in total. The molecule has 9 atom stereocenters. The first-order chi connectivity index (χ1) is 28.9. The molecule has 0 radical (unpaired) electrons. The predicted molar refractivity (Wildman–Crippen MR) is 225 cm³/mol. The van der Waals surface area contributed by atoms with Crippen LogP contribution in [-0.4, -0.2) is 120 Å². The summed E-state index contributed by atoms with van der Waals surface area (Å²) in [6.07, 6.45) is 9.73. The first kappa shape index (κ1) is 42.3. The topological polar surface area (TPSA) is 169 Å². The average Bonchev–Trinajstić information content (AvgIpc) is 3.88. The van der Waals surface area contributed by atoms with Gasteiger partial charge < -0.3 is 39.6 Å². The molecule has 2 saturated heterocycles. The van der Waals surface area contributed by atoms with Gasteiger partial charge in [0.05, 0.1) is 31.0 Å². The molecule has 3 aliphatic heterocycles. The van der Waals surface area contributed by atoms with Gasteiger partial charge in [0.15, 0.2) is 0 Å². The van der Waals surface area contributed by atoms with Crippen LogP contribution in [0.5, 0.6) is 11.5 Å². The van der Waals surface area contributed by atoms with Gasteiger partial charge in [0.1, 0.15) is 53.0 Å². The fourth-order valence-electron chi connectivity index (χ4n) is 9.79. The van der Waals surface area contributed by atoms with Crippen molar-refractivity contribution in [3.05, 3.63) is 46.6 Å². The van der Waals surface area contributed by atoms with E-state index in [1.807, 2.05) is 44.2 Å². The molecule has 3 aliphatic carbocycles. The monoisotopic (exact) mass is 847 g/mol. The van der Waals surface area contributed by atoms with Crippen molar-refractivity contribution in [2.45, 2.75) is 108 Å². The summed E-state index contributed by atoms with van der Waals surface area (Å²) in [4.78, 5) is 63.6. The first-order valence-electron chi connectivity index (χ1n) is 21.8. The van der Waals surface area contributed by atoms with Gasteiger partial charge in [0, 0.05) is 43.4 Å². The van der Waals surface area contributed by atoms with Crippen molar-refractivity contribution >= 4 is 52.5 Å². The molecule has 4 heterocycles. The molecule has 324 valence electrons. The number of nitrogens with one attached hydrogen (secondary N) is 2. The van der Waals surface area contributed by atoms with Crippen LogP contribution in [0.2, 0.25) is 5.02 Å². The molecule has 0 spiro atoms. The fraction of sp³-hybridized carbons (Fsp3) is 0.622. The zero-order valence-electron chi connectivity index (χ0n) is 34.8. The first-order valence-corrected chi connectivity index (χ1v) is 22.2. The minimum absolute atomic E-state index is 0.0235. The number of carboxylic acid groups (broad SMARTS) is 1. The molecule has 1 aromatic heterocycles. The highest BCUT2D eigenvalue weighted by Gasteiger charge is 2.61. The zero-order valence-corrected chi connectivity index (χ0v) is 35.6. The van der Waals surface area contributed by atoms with E-state index in [0.29, 0.717) is 83.5 Å². The Morgan fingerprint density at radius 2 is 1.87 bits per heavy atom. The van der Waals surface area contributed by atoms with E-state index in [0.717, 1.165) is 57.3 Å². The number of halogens is 1. The number of nitrogens with zero attached hydrogens (tertiary/aromatic N) is 3. The van der Waals surface area contributed by atoms with Gasteiger partial charge >= 0.3 is 12.1 Å². The van der Waals surface area contributed by atoms with E-state index < -0.39 is 47.6 Å². The summed E-state index contributed by atoms with van der Waals surface area (Å²) in [7, 11) is 0. The third-order valence-electron chi connectivity index (χ3n) is 13.4. The van der Waals surface area contributed by atoms with E-state index in [9.17, 15) is 24.3 Å². The third-order valence-corrected chi connectivity index (χ3v) is 13.7. The molecule has 1 aromatic carbocycles. The Morgan fingerprint density at radius 3 is 2.62 bits per heavy atom. The van der Waals surface area contributed by atoms with Gasteiger partial charge in [0.2, 0.25) is 11.8 Å². The third kappa shape index (κ3) is 9.25. The number of aliphatic carboxylic acids is 1. The Bertz CT molecular complexity index is 2020. The minimum Gasteiger partial charge on any atom is -0.491 e. The van der Waals surface area contributed by atoms with Crippen LogP contribution in [0.4, 0.5) is 4.79 Å². The van der Waals surface area contributed by atoms with Crippen LogP contribution in [0.3, 0.4) is 0 Å². The van der Waals surface area contributed by atoms with Crippen LogP contribution in [0.1, 0.15) is 84.3 Å². The number of carbonyl (C=O) groups is 4. The second-order valence-electron chi connectivity index (χ2n) is 17.9. The van der Waals surface area contributed by atoms with Gasteiger partial charge in [-0.3, -0.25) is 14.5 Å². The maximum atomic E-state index is 14.7. The van der Waals surface area contributed by atoms with Crippen LogP contribution < -0.4 is 20.1 Å². The number of rotatable bonds is 10. The van der Waals surface area contributed by atoms with Crippen molar-refractivity contribution in [2.75, 3.05) is 46.0 Å². The largest absolute Gasteiger partial charge is 0.491 e. The number of hydrogen-bond donors (Lipinski definition) is 3. The SMILES string of the molecule is CC(C)=Cc1cc(O[C@@H]2C[C@H]3C(=O)N[C@]4(C(=O)O)C[C@H]4/C=C\CCCCC[C@H](NC(=O)OC4C[C@@H]5C(C)[C@@H]5C4)C(=O)N3C2)c2ccc(OCCN3CCOCC3)c(Cl)c2n1. The second-order valence-corrected chi connectivity index (χ2v) is 18.2. The lowest BCUT2D eigenvalue weighted by Crippen LogP contribution is -2.56. The maximum absolute atomic E-state index is 14.7. The van der Waals surface area contributed by atoms with E-state index in [4.69, 9.17) is 35.5 Å². The summed E-state index contributed by atoms with van der Waals surface area (Å²) in [5.74, 6) is 0.322. The number of morpholine rings is 1. The van der Waals surface area contributed by atoms with E-state index in [1.165, 1.54) is 4.90 Å². The Labute approximate surface area is 356 Å². The quantitative estimate of drug-likeness (QED) is 0.240. The molecule has 8 rings (SSSR count). The number of pyridine rings is 1. The smallest absolute Gasteiger partial charge is 0.408 e. The normalized spacial score (nSPS) is 32.3. The Kier molecular flexibility index (Phi) is 12.6. The minimum atomic E-state index is -1.46. The van der Waals surface area contributed by atoms with Crippen molar-refractivity contribution in [1.29, 1.82) is 0 Å². The summed E-state index contributed by atoms with van der Waals surface area (Å²) in [6, 6.07) is 3.46. The fourth-order valence-corrected chi connectivity index (χ4v) is 10.0. The number of aromatic nitrogens is 1. The number of amides is 3. The van der Waals surface area contributed by atoms with Crippen LogP contribution >= 0.6 is 11.6 Å². The Balaban J connectivity index is 1.05. The number of benzene rings is 1. The number of hydrogen-bond acceptors (Lipinski definition) is 10. The number of carbonyl (C=O) groups excluding carboxylic acids is 3. The Hall–Kier alpha value is -4.40. The summed E-state index contributed by atoms with van der Waals surface area (Å²) in [5.41, 5.74) is 0.648. The molecule has 0 bridgehead atoms. The van der Waals surface area contributed by atoms with Crippen LogP contribution in [-0.2, 0) is 23.9 Å². The average molecular weight is 848 g/mol. The van der Waals surface area contributed by atoms with Crippen molar-refractivity contribution in [3.63, 3.8) is 0 Å². The number of allylic oxidation sites excluding steroid dienone is 2. The van der Waals surface area contributed by atoms with E-state index in [1.54, 1.807) is 6.07 Å². The highest BCUT2D eigenvalue weighted by atomic mass is 35.5. The van der Waals surface area contributed by atoms with Crippen LogP contribution in [0.25, 0.3) is 17.0 Å². The number of carboxylic acids is 1. The van der Waals surface area contributed by atoms with Crippen molar-refractivity contribution in [2.24, 2.45) is 23.7 Å². The summed E-state index contributed by atoms with van der Waals surface area (Å²) < 4.78 is 24.2. The van der Waals surface area contributed by atoms with Gasteiger partial charge in [-0.1, -0.05) is 49.1 Å². The van der Waals surface area contributed by atoms with Gasteiger partial charge in [-0.25, -0.2) is 14.6 Å². The molecule has 2 aromatic rings. The van der Waals surface area contributed by atoms with Gasteiger partial charge in [-0.15, -0.1) is 0 Å². The molecule has 3 amide bonds. The molecule has 2 unspecified atom stereocenters. The molecular formula is C45H58ClN5O9. The predicted octanol–water partition coefficient (Wildman–Crippen LogP) is 5.99. The van der Waals surface area contributed by atoms with Gasteiger partial charge in [-0.05, 0) is 88.3 Å². The lowest BCUT2D eigenvalue weighted by Gasteiger charge is -2.29. The lowest BCUT2D eigenvalue weighted by atomic mass is 10.0. The number of fused-ring (bicyclic) bond motifs is 4. The van der Waals surface area contributed by atoms with E-state index in [-0.39, 0.29) is 31.4 Å². The lowest BCUT2D eigenvalue weighted by molar-refractivity contribution is -0.145. The summed E-state index contributed by atoms with van der Waals surface area (Å²) >= 11 is 7.01. The van der Waals surface area contributed by atoms with Crippen LogP contribution in [0.15, 0.2) is 35.9 Å². The molecule has 60 heavy (non-hydrogen) atoms. The van der Waals surface area contributed by atoms with Gasteiger partial charge in [0.25, 0.3) is 0 Å². The molecule has 5 fully saturated rings. The van der Waals surface area contributed by atoms with E-state index >= 15 is 0 Å². The second kappa shape index (κ2) is 17.9. The van der Waals surface area contributed by atoms with Crippen molar-refractivity contribution < 1.29 is 43.2 Å². The van der Waals surface area contributed by atoms with Crippen molar-refractivity contribution in [1.82, 2.24) is 25.4 Å².